The average Bonchev–Trinajstić information content (AvgIpc) is 2.72. The van der Waals surface area contributed by atoms with Crippen LogP contribution in [0.25, 0.3) is 0 Å². The monoisotopic (exact) mass is 195 g/mol. The van der Waals surface area contributed by atoms with Crippen LogP contribution in [0.4, 0.5) is 0 Å². The van der Waals surface area contributed by atoms with Gasteiger partial charge in [0, 0.05) is 6.04 Å². The van der Waals surface area contributed by atoms with Crippen molar-refractivity contribution in [1.29, 1.82) is 0 Å². The number of hydrogen-bond acceptors (Lipinski definition) is 3. The molecular formula is C11H17NO2. The summed E-state index contributed by atoms with van der Waals surface area (Å²) >= 11 is 0. The van der Waals surface area contributed by atoms with Gasteiger partial charge in [0.2, 0.25) is 0 Å². The molecule has 0 atom stereocenters. The molecule has 14 heavy (non-hydrogen) atoms. The molecule has 1 aliphatic rings. The van der Waals surface area contributed by atoms with Crippen molar-refractivity contribution in [3.63, 3.8) is 0 Å². The molecule has 1 saturated carbocycles. The molecule has 1 aromatic rings. The summed E-state index contributed by atoms with van der Waals surface area (Å²) < 4.78 is 4.57. The van der Waals surface area contributed by atoms with E-state index in [9.17, 15) is 4.79 Å². The Morgan fingerprint density at radius 1 is 1.36 bits per heavy atom. The molecule has 3 heteroatoms. The van der Waals surface area contributed by atoms with Gasteiger partial charge < -0.3 is 10.2 Å². The molecular weight excluding hydrogens is 178 g/mol. The molecule has 0 radical (unpaired) electrons. The second-order valence-electron chi connectivity index (χ2n) is 3.57. The second-order valence-corrected chi connectivity index (χ2v) is 3.57. The van der Waals surface area contributed by atoms with Gasteiger partial charge in [-0.25, -0.2) is 0 Å². The lowest BCUT2D eigenvalue weighted by Crippen LogP contribution is -2.22. The van der Waals surface area contributed by atoms with E-state index in [0.29, 0.717) is 11.6 Å². The van der Waals surface area contributed by atoms with E-state index in [-0.39, 0.29) is 0 Å². The van der Waals surface area contributed by atoms with Gasteiger partial charge in [0.15, 0.2) is 6.29 Å². The summed E-state index contributed by atoms with van der Waals surface area (Å²) in [6.07, 6.45) is 10.3. The van der Waals surface area contributed by atoms with Gasteiger partial charge in [-0.2, -0.15) is 0 Å². The minimum atomic E-state index is 0.536. The van der Waals surface area contributed by atoms with Crippen molar-refractivity contribution in [2.75, 3.05) is 0 Å². The lowest BCUT2D eigenvalue weighted by atomic mass is 9.97. The van der Waals surface area contributed by atoms with E-state index >= 15 is 0 Å². The van der Waals surface area contributed by atoms with Crippen LogP contribution in [-0.4, -0.2) is 12.3 Å². The van der Waals surface area contributed by atoms with Crippen molar-refractivity contribution in [1.82, 2.24) is 0 Å². The third-order valence-electron chi connectivity index (χ3n) is 2.33. The minimum Gasteiger partial charge on any atom is -0.472 e. The van der Waals surface area contributed by atoms with Crippen molar-refractivity contribution in [2.24, 2.45) is 5.73 Å². The predicted octanol–water partition coefficient (Wildman–Crippen LogP) is 2.37. The van der Waals surface area contributed by atoms with Gasteiger partial charge in [-0.05, 0) is 18.9 Å². The fourth-order valence-electron chi connectivity index (χ4n) is 1.48. The van der Waals surface area contributed by atoms with Gasteiger partial charge in [0.05, 0.1) is 11.8 Å². The summed E-state index contributed by atoms with van der Waals surface area (Å²) in [5, 5.41) is 0. The quantitative estimate of drug-likeness (QED) is 0.700. The number of rotatable bonds is 1. The molecule has 0 amide bonds. The van der Waals surface area contributed by atoms with Crippen LogP contribution >= 0.6 is 0 Å². The zero-order valence-electron chi connectivity index (χ0n) is 8.32. The maximum absolute atomic E-state index is 9.81. The number of furan rings is 1. The van der Waals surface area contributed by atoms with Gasteiger partial charge >= 0.3 is 0 Å². The van der Waals surface area contributed by atoms with Gasteiger partial charge in [-0.15, -0.1) is 0 Å². The van der Waals surface area contributed by atoms with Gasteiger partial charge in [0.25, 0.3) is 0 Å². The zero-order chi connectivity index (χ0) is 10.2. The van der Waals surface area contributed by atoms with Crippen molar-refractivity contribution in [2.45, 2.75) is 38.1 Å². The van der Waals surface area contributed by atoms with E-state index in [1.165, 1.54) is 44.6 Å². The number of carbonyl (C=O) groups is 1. The van der Waals surface area contributed by atoms with Crippen LogP contribution in [0.3, 0.4) is 0 Å². The molecule has 0 bridgehead atoms. The highest BCUT2D eigenvalue weighted by molar-refractivity contribution is 5.73. The van der Waals surface area contributed by atoms with Crippen molar-refractivity contribution < 1.29 is 9.21 Å². The van der Waals surface area contributed by atoms with E-state index in [4.69, 9.17) is 5.73 Å². The lowest BCUT2D eigenvalue weighted by Gasteiger charge is -2.15. The summed E-state index contributed by atoms with van der Waals surface area (Å²) in [5.74, 6) is 0. The Bertz CT molecular complexity index is 238. The highest BCUT2D eigenvalue weighted by Crippen LogP contribution is 2.14. The predicted molar refractivity (Wildman–Crippen MR) is 55.2 cm³/mol. The SMILES string of the molecule is NC1CCCCC1.O=Cc1ccoc1. The third-order valence-corrected chi connectivity index (χ3v) is 2.33. The van der Waals surface area contributed by atoms with Crippen molar-refractivity contribution >= 4 is 6.29 Å². The summed E-state index contributed by atoms with van der Waals surface area (Å²) in [4.78, 5) is 9.81. The lowest BCUT2D eigenvalue weighted by molar-refractivity contribution is 0.112. The zero-order valence-corrected chi connectivity index (χ0v) is 8.32. The molecule has 1 fully saturated rings. The topological polar surface area (TPSA) is 56.2 Å². The van der Waals surface area contributed by atoms with Crippen LogP contribution in [0.1, 0.15) is 42.5 Å². The van der Waals surface area contributed by atoms with Crippen molar-refractivity contribution in [3.05, 3.63) is 24.2 Å². The fourth-order valence-corrected chi connectivity index (χ4v) is 1.48. The van der Waals surface area contributed by atoms with E-state index in [2.05, 4.69) is 4.42 Å². The maximum atomic E-state index is 9.81. The number of hydrogen-bond donors (Lipinski definition) is 1. The Hall–Kier alpha value is -1.09. The summed E-state index contributed by atoms with van der Waals surface area (Å²) in [5.41, 5.74) is 6.22. The van der Waals surface area contributed by atoms with E-state index in [1.54, 1.807) is 6.07 Å². The minimum absolute atomic E-state index is 0.536. The molecule has 0 saturated heterocycles. The molecule has 0 unspecified atom stereocenters. The Labute approximate surface area is 84.3 Å². The van der Waals surface area contributed by atoms with Crippen LogP contribution in [-0.2, 0) is 0 Å². The second kappa shape index (κ2) is 6.38. The van der Waals surface area contributed by atoms with Gasteiger partial charge in [-0.3, -0.25) is 4.79 Å². The van der Waals surface area contributed by atoms with Gasteiger partial charge in [-0.1, -0.05) is 19.3 Å². The first kappa shape index (κ1) is 11.0. The molecule has 1 aliphatic carbocycles. The van der Waals surface area contributed by atoms with Crippen LogP contribution in [0.2, 0.25) is 0 Å². The first-order valence-corrected chi connectivity index (χ1v) is 5.06. The first-order chi connectivity index (χ1) is 6.83. The molecule has 0 spiro atoms. The first-order valence-electron chi connectivity index (χ1n) is 5.06. The third kappa shape index (κ3) is 4.23. The summed E-state index contributed by atoms with van der Waals surface area (Å²) in [7, 11) is 0. The molecule has 78 valence electrons. The van der Waals surface area contributed by atoms with Crippen LogP contribution in [0.15, 0.2) is 23.0 Å². The fraction of sp³-hybridized carbons (Fsp3) is 0.545. The summed E-state index contributed by atoms with van der Waals surface area (Å²) in [6, 6.07) is 2.14. The van der Waals surface area contributed by atoms with E-state index in [0.717, 1.165) is 6.29 Å². The normalized spacial score (nSPS) is 16.9. The van der Waals surface area contributed by atoms with Crippen LogP contribution in [0, 0.1) is 0 Å². The molecule has 2 N–H and O–H groups in total. The Morgan fingerprint density at radius 2 is 2.07 bits per heavy atom. The van der Waals surface area contributed by atoms with Crippen LogP contribution in [0.5, 0.6) is 0 Å². The van der Waals surface area contributed by atoms with Crippen molar-refractivity contribution in [3.8, 4) is 0 Å². The standard InChI is InChI=1S/C6H13N.C5H4O2/c7-6-4-2-1-3-5-6;6-3-5-1-2-7-4-5/h6H,1-5,7H2;1-4H. The van der Waals surface area contributed by atoms with E-state index < -0.39 is 0 Å². The largest absolute Gasteiger partial charge is 0.472 e. The Kier molecular flexibility index (Phi) is 5.00. The van der Waals surface area contributed by atoms with E-state index in [1.807, 2.05) is 0 Å². The Morgan fingerprint density at radius 3 is 2.36 bits per heavy atom. The molecule has 0 aliphatic heterocycles. The highest BCUT2D eigenvalue weighted by Gasteiger charge is 2.06. The molecule has 1 heterocycles. The average molecular weight is 195 g/mol. The maximum Gasteiger partial charge on any atom is 0.153 e. The molecule has 3 nitrogen and oxygen atoms in total. The number of carbonyl (C=O) groups excluding carboxylic acids is 1. The van der Waals surface area contributed by atoms with Gasteiger partial charge in [0.1, 0.15) is 6.26 Å². The summed E-state index contributed by atoms with van der Waals surface area (Å²) in [6.45, 7) is 0. The molecule has 1 aromatic heterocycles. The number of nitrogens with two attached hydrogens (primary N) is 1. The number of aldehydes is 1. The Balaban J connectivity index is 0.000000140. The van der Waals surface area contributed by atoms with Crippen LogP contribution < -0.4 is 5.73 Å². The smallest absolute Gasteiger partial charge is 0.153 e. The highest BCUT2D eigenvalue weighted by atomic mass is 16.3. The molecule has 2 rings (SSSR count). The molecule has 0 aromatic carbocycles.